The molecule has 0 radical (unpaired) electrons. The molecule has 8 heteroatoms. The molecule has 1 heterocycles. The Bertz CT molecular complexity index is 548. The van der Waals surface area contributed by atoms with Crippen LogP contribution in [0.4, 0.5) is 22.2 Å². The van der Waals surface area contributed by atoms with Crippen molar-refractivity contribution in [1.29, 1.82) is 0 Å². The van der Waals surface area contributed by atoms with Crippen molar-refractivity contribution >= 4 is 23.5 Å². The molecular weight excluding hydrogens is 308 g/mol. The Kier molecular flexibility index (Phi) is 6.62. The van der Waals surface area contributed by atoms with Crippen molar-refractivity contribution in [1.82, 2.24) is 15.3 Å². The number of nitrogens with one attached hydrogen (secondary N) is 3. The van der Waals surface area contributed by atoms with E-state index in [2.05, 4.69) is 25.9 Å². The minimum Gasteiger partial charge on any atom is -0.449 e. The molecule has 0 aromatic carbocycles. The summed E-state index contributed by atoms with van der Waals surface area (Å²) in [5.41, 5.74) is 5.91. The van der Waals surface area contributed by atoms with E-state index < -0.39 is 6.09 Å². The number of rotatable bonds is 6. The molecule has 1 aromatic rings. The lowest BCUT2D eigenvalue weighted by molar-refractivity contribution is 0.137. The third-order valence-electron chi connectivity index (χ3n) is 2.63. The van der Waals surface area contributed by atoms with Gasteiger partial charge in [0, 0.05) is 17.6 Å². The molecule has 5 N–H and O–H groups in total. The lowest BCUT2D eigenvalue weighted by Crippen LogP contribution is -2.41. The summed E-state index contributed by atoms with van der Waals surface area (Å²) in [4.78, 5) is 20.0. The highest BCUT2D eigenvalue weighted by Gasteiger charge is 2.14. The van der Waals surface area contributed by atoms with Gasteiger partial charge in [0.1, 0.15) is 0 Å². The molecule has 0 aliphatic carbocycles. The number of amides is 1. The minimum absolute atomic E-state index is 0.137. The number of alkyl carbamates (subject to hydrolysis) is 1. The Hall–Kier alpha value is -2.25. The average molecular weight is 338 g/mol. The van der Waals surface area contributed by atoms with E-state index in [1.807, 2.05) is 41.5 Å². The monoisotopic (exact) mass is 338 g/mol. The molecule has 0 unspecified atom stereocenters. The maximum Gasteiger partial charge on any atom is 0.407 e. The molecule has 0 spiro atoms. The van der Waals surface area contributed by atoms with Gasteiger partial charge in [-0.15, -0.1) is 0 Å². The van der Waals surface area contributed by atoms with Crippen molar-refractivity contribution < 1.29 is 9.53 Å². The Morgan fingerprint density at radius 2 is 1.88 bits per heavy atom. The van der Waals surface area contributed by atoms with Gasteiger partial charge in [-0.25, -0.2) is 9.78 Å². The zero-order chi connectivity index (χ0) is 18.4. The number of anilines is 3. The van der Waals surface area contributed by atoms with Crippen molar-refractivity contribution in [3.8, 4) is 0 Å². The van der Waals surface area contributed by atoms with E-state index >= 15 is 0 Å². The summed E-state index contributed by atoms with van der Waals surface area (Å²) < 4.78 is 5.11. The minimum atomic E-state index is -0.416. The predicted octanol–water partition coefficient (Wildman–Crippen LogP) is 2.60. The summed E-state index contributed by atoms with van der Waals surface area (Å²) in [6, 6.07) is 0. The van der Waals surface area contributed by atoms with Crippen LogP contribution in [0, 0.1) is 0 Å². The predicted molar refractivity (Wildman–Crippen MR) is 97.2 cm³/mol. The molecule has 1 amide bonds. The second-order valence-electron chi connectivity index (χ2n) is 7.66. The molecule has 1 rings (SSSR count). The van der Waals surface area contributed by atoms with E-state index in [0.717, 1.165) is 0 Å². The van der Waals surface area contributed by atoms with Crippen LogP contribution in [0.3, 0.4) is 0 Å². The maximum absolute atomic E-state index is 11.5. The number of nitrogens with zero attached hydrogens (tertiary/aromatic N) is 2. The van der Waals surface area contributed by atoms with Gasteiger partial charge >= 0.3 is 6.09 Å². The van der Waals surface area contributed by atoms with Gasteiger partial charge in [-0.3, -0.25) is 0 Å². The number of nitrogen functional groups attached to an aromatic ring is 1. The van der Waals surface area contributed by atoms with Gasteiger partial charge in [-0.2, -0.15) is 4.98 Å². The fraction of sp³-hybridized carbons (Fsp3) is 0.688. The zero-order valence-electron chi connectivity index (χ0n) is 15.5. The van der Waals surface area contributed by atoms with Gasteiger partial charge in [0.2, 0.25) is 5.95 Å². The van der Waals surface area contributed by atoms with Crippen LogP contribution in [0.15, 0.2) is 6.20 Å². The molecule has 8 nitrogen and oxygen atoms in total. The van der Waals surface area contributed by atoms with Crippen LogP contribution >= 0.6 is 0 Å². The van der Waals surface area contributed by atoms with Crippen molar-refractivity contribution in [2.75, 3.05) is 29.5 Å². The van der Waals surface area contributed by atoms with Crippen LogP contribution in [0.5, 0.6) is 0 Å². The Balaban J connectivity index is 2.40. The Labute approximate surface area is 144 Å². The molecule has 1 aromatic heterocycles. The van der Waals surface area contributed by atoms with Gasteiger partial charge in [0.15, 0.2) is 5.82 Å². The fourth-order valence-corrected chi connectivity index (χ4v) is 1.71. The van der Waals surface area contributed by atoms with E-state index in [4.69, 9.17) is 10.5 Å². The lowest BCUT2D eigenvalue weighted by Gasteiger charge is -2.21. The van der Waals surface area contributed by atoms with Crippen LogP contribution < -0.4 is 21.7 Å². The first-order valence-electron chi connectivity index (χ1n) is 8.06. The third-order valence-corrected chi connectivity index (χ3v) is 2.63. The van der Waals surface area contributed by atoms with Crippen molar-refractivity contribution in [2.24, 2.45) is 0 Å². The van der Waals surface area contributed by atoms with Crippen LogP contribution in [0.1, 0.15) is 48.0 Å². The number of nitrogens with two attached hydrogens (primary N) is 1. The molecular formula is C16H30N6O2. The molecule has 0 saturated carbocycles. The fourth-order valence-electron chi connectivity index (χ4n) is 1.71. The van der Waals surface area contributed by atoms with Crippen LogP contribution in [0.25, 0.3) is 0 Å². The van der Waals surface area contributed by atoms with E-state index in [1.54, 1.807) is 6.20 Å². The number of ether oxygens (including phenoxy) is 1. The third kappa shape index (κ3) is 8.40. The highest BCUT2D eigenvalue weighted by atomic mass is 16.5. The molecule has 0 aliphatic heterocycles. The molecule has 0 aliphatic rings. The summed E-state index contributed by atoms with van der Waals surface area (Å²) in [6.45, 7) is 12.7. The number of carbonyl (C=O) groups excluding carboxylic acids is 1. The normalized spacial score (nSPS) is 11.8. The van der Waals surface area contributed by atoms with Gasteiger partial charge < -0.3 is 26.4 Å². The Morgan fingerprint density at radius 1 is 1.21 bits per heavy atom. The number of hydrogen-bond donors (Lipinski definition) is 4. The highest BCUT2D eigenvalue weighted by molar-refractivity contribution is 5.68. The SMILES string of the molecule is CC(C)(C)NC(=O)OCCCNc1nc(NC(C)(C)C)ncc1N. The van der Waals surface area contributed by atoms with Crippen LogP contribution in [-0.4, -0.2) is 40.3 Å². The summed E-state index contributed by atoms with van der Waals surface area (Å²) >= 11 is 0. The number of hydrogen-bond acceptors (Lipinski definition) is 7. The highest BCUT2D eigenvalue weighted by Crippen LogP contribution is 2.18. The molecule has 0 bridgehead atoms. The number of aromatic nitrogens is 2. The standard InChI is InChI=1S/C16H30N6O2/c1-15(2,3)21-13-19-10-11(17)12(20-13)18-8-7-9-24-14(23)22-16(4,5)6/h10H,7-9,17H2,1-6H3,(H,22,23)(H2,18,19,20,21). The van der Waals surface area contributed by atoms with Crippen molar-refractivity contribution in [3.63, 3.8) is 0 Å². The quantitative estimate of drug-likeness (QED) is 0.589. The van der Waals surface area contributed by atoms with Crippen LogP contribution in [-0.2, 0) is 4.74 Å². The van der Waals surface area contributed by atoms with E-state index in [1.165, 1.54) is 0 Å². The maximum atomic E-state index is 11.5. The van der Waals surface area contributed by atoms with Gasteiger partial charge in [0.25, 0.3) is 0 Å². The summed E-state index contributed by atoms with van der Waals surface area (Å²) in [6.07, 6.45) is 1.79. The summed E-state index contributed by atoms with van der Waals surface area (Å²) in [7, 11) is 0. The van der Waals surface area contributed by atoms with Crippen molar-refractivity contribution in [2.45, 2.75) is 59.0 Å². The second-order valence-corrected chi connectivity index (χ2v) is 7.66. The van der Waals surface area contributed by atoms with E-state index in [0.29, 0.717) is 37.0 Å². The smallest absolute Gasteiger partial charge is 0.407 e. The van der Waals surface area contributed by atoms with Gasteiger partial charge in [-0.05, 0) is 48.0 Å². The molecule has 0 saturated heterocycles. The van der Waals surface area contributed by atoms with Gasteiger partial charge in [0.05, 0.1) is 18.5 Å². The topological polar surface area (TPSA) is 114 Å². The molecule has 0 fully saturated rings. The van der Waals surface area contributed by atoms with E-state index in [-0.39, 0.29) is 11.1 Å². The zero-order valence-corrected chi connectivity index (χ0v) is 15.5. The Morgan fingerprint density at radius 3 is 2.46 bits per heavy atom. The first-order valence-corrected chi connectivity index (χ1v) is 8.06. The average Bonchev–Trinajstić information content (AvgIpc) is 2.38. The van der Waals surface area contributed by atoms with Gasteiger partial charge in [-0.1, -0.05) is 0 Å². The lowest BCUT2D eigenvalue weighted by atomic mass is 10.1. The second kappa shape index (κ2) is 8.03. The largest absolute Gasteiger partial charge is 0.449 e. The summed E-state index contributed by atoms with van der Waals surface area (Å²) in [5.74, 6) is 1.08. The molecule has 24 heavy (non-hydrogen) atoms. The summed E-state index contributed by atoms with van der Waals surface area (Å²) in [5, 5.41) is 9.06. The number of carbonyl (C=O) groups is 1. The van der Waals surface area contributed by atoms with Crippen LogP contribution in [0.2, 0.25) is 0 Å². The van der Waals surface area contributed by atoms with Crippen molar-refractivity contribution in [3.05, 3.63) is 6.20 Å². The van der Waals surface area contributed by atoms with E-state index in [9.17, 15) is 4.79 Å². The first kappa shape index (κ1) is 19.8. The molecule has 0 atom stereocenters. The molecule has 136 valence electrons. The first-order chi connectivity index (χ1) is 11.0.